The first-order chi connectivity index (χ1) is 6.59. The summed E-state index contributed by atoms with van der Waals surface area (Å²) < 4.78 is 0. The first-order valence-corrected chi connectivity index (χ1v) is 4.61. The van der Waals surface area contributed by atoms with E-state index in [1.165, 1.54) is 0 Å². The lowest BCUT2D eigenvalue weighted by Gasteiger charge is -2.29. The van der Waals surface area contributed by atoms with Crippen LogP contribution in [0.3, 0.4) is 0 Å². The van der Waals surface area contributed by atoms with Gasteiger partial charge in [-0.2, -0.15) is 4.99 Å². The van der Waals surface area contributed by atoms with Crippen molar-refractivity contribution in [2.75, 3.05) is 41.5 Å². The van der Waals surface area contributed by atoms with E-state index in [4.69, 9.17) is 5.11 Å². The van der Waals surface area contributed by atoms with Crippen molar-refractivity contribution in [2.45, 2.75) is 12.6 Å². The first kappa shape index (κ1) is 17.0. The predicted octanol–water partition coefficient (Wildman–Crippen LogP) is 0.371. The molecule has 6 heteroatoms. The Morgan fingerprint density at radius 2 is 1.67 bits per heavy atom. The molecule has 0 fully saturated rings. The van der Waals surface area contributed by atoms with Crippen LogP contribution in [0.5, 0.6) is 0 Å². The van der Waals surface area contributed by atoms with Crippen LogP contribution in [-0.2, 0) is 0 Å². The monoisotopic (exact) mass is 236 g/mol. The maximum absolute atomic E-state index is 8.35. The average Bonchev–Trinajstić information content (AvgIpc) is 2.09. The second kappa shape index (κ2) is 10.1. The summed E-state index contributed by atoms with van der Waals surface area (Å²) in [6.45, 7) is 0.429. The van der Waals surface area contributed by atoms with Gasteiger partial charge in [0.05, 0.1) is 18.7 Å². The predicted molar refractivity (Wildman–Crippen MR) is 64.8 cm³/mol. The van der Waals surface area contributed by atoms with E-state index in [9.17, 15) is 0 Å². The van der Waals surface area contributed by atoms with Crippen molar-refractivity contribution in [1.29, 1.82) is 0 Å². The van der Waals surface area contributed by atoms with Gasteiger partial charge in [0, 0.05) is 0 Å². The molecule has 0 aromatic rings. The van der Waals surface area contributed by atoms with Gasteiger partial charge in [-0.15, -0.1) is 12.4 Å². The number of aliphatic hydroxyl groups excluding tert-OH is 1. The standard InChI is InChI=1S/C9H20N4O.ClH/c1-12(2)9(13(3)4)5-6-10-7-11-8-14;/h9,14H,5-6,8H2,1-4H3;1H. The van der Waals surface area contributed by atoms with Gasteiger partial charge in [0.15, 0.2) is 0 Å². The van der Waals surface area contributed by atoms with Crippen molar-refractivity contribution < 1.29 is 5.11 Å². The molecule has 0 saturated carbocycles. The van der Waals surface area contributed by atoms with Crippen LogP contribution in [0.4, 0.5) is 0 Å². The molecular weight excluding hydrogens is 216 g/mol. The zero-order valence-corrected chi connectivity index (χ0v) is 10.7. The molecule has 0 rings (SSSR count). The third kappa shape index (κ3) is 8.54. The smallest absolute Gasteiger partial charge is 0.145 e. The summed E-state index contributed by atoms with van der Waals surface area (Å²) in [4.78, 5) is 11.7. The largest absolute Gasteiger partial charge is 0.374 e. The molecule has 0 aliphatic rings. The third-order valence-electron chi connectivity index (χ3n) is 1.90. The molecule has 0 aromatic heterocycles. The second-order valence-corrected chi connectivity index (χ2v) is 3.48. The summed E-state index contributed by atoms with van der Waals surface area (Å²) in [5, 5.41) is 8.35. The van der Waals surface area contributed by atoms with E-state index in [0.717, 1.165) is 6.42 Å². The fraction of sp³-hybridized carbons (Fsp3) is 0.889. The van der Waals surface area contributed by atoms with Crippen LogP contribution in [0, 0.1) is 0 Å². The van der Waals surface area contributed by atoms with E-state index in [1.54, 1.807) is 0 Å². The van der Waals surface area contributed by atoms with Gasteiger partial charge in [-0.1, -0.05) is 0 Å². The lowest BCUT2D eigenvalue weighted by Crippen LogP contribution is -2.40. The van der Waals surface area contributed by atoms with Crippen LogP contribution in [-0.4, -0.2) is 68.5 Å². The van der Waals surface area contributed by atoms with Gasteiger partial charge < -0.3 is 5.11 Å². The minimum atomic E-state index is -0.242. The lowest BCUT2D eigenvalue weighted by molar-refractivity contribution is 0.123. The highest BCUT2D eigenvalue weighted by Crippen LogP contribution is 2.02. The molecule has 5 nitrogen and oxygen atoms in total. The van der Waals surface area contributed by atoms with Crippen LogP contribution in [0.2, 0.25) is 0 Å². The number of halogens is 1. The Hall–Kier alpha value is -0.450. The van der Waals surface area contributed by atoms with Crippen molar-refractivity contribution in [3.8, 4) is 0 Å². The Kier molecular flexibility index (Phi) is 11.4. The maximum Gasteiger partial charge on any atom is 0.145 e. The van der Waals surface area contributed by atoms with E-state index < -0.39 is 0 Å². The topological polar surface area (TPSA) is 51.4 Å². The van der Waals surface area contributed by atoms with Gasteiger partial charge in [0.1, 0.15) is 6.73 Å². The number of rotatable bonds is 6. The van der Waals surface area contributed by atoms with E-state index in [1.807, 2.05) is 28.2 Å². The van der Waals surface area contributed by atoms with Gasteiger partial charge in [-0.3, -0.25) is 9.80 Å². The number of aliphatic hydroxyl groups is 1. The van der Waals surface area contributed by atoms with Crippen molar-refractivity contribution in [1.82, 2.24) is 9.80 Å². The van der Waals surface area contributed by atoms with E-state index >= 15 is 0 Å². The fourth-order valence-electron chi connectivity index (χ4n) is 1.29. The maximum atomic E-state index is 8.35. The van der Waals surface area contributed by atoms with Gasteiger partial charge in [0.25, 0.3) is 0 Å². The quantitative estimate of drug-likeness (QED) is 0.536. The molecular formula is C9H21ClN4O. The summed E-state index contributed by atoms with van der Waals surface area (Å²) in [5.41, 5.74) is 0. The molecule has 0 aromatic carbocycles. The Labute approximate surface area is 97.9 Å². The normalized spacial score (nSPS) is 10.1. The van der Waals surface area contributed by atoms with Crippen molar-refractivity contribution >= 4 is 18.4 Å². The molecule has 90 valence electrons. The summed E-state index contributed by atoms with van der Waals surface area (Å²) in [6.07, 6.45) is 1.29. The van der Waals surface area contributed by atoms with Gasteiger partial charge in [0.2, 0.25) is 0 Å². The summed E-state index contributed by atoms with van der Waals surface area (Å²) in [7, 11) is 8.15. The molecule has 0 unspecified atom stereocenters. The Morgan fingerprint density at radius 3 is 2.07 bits per heavy atom. The molecule has 0 radical (unpaired) electrons. The SMILES string of the molecule is CN(C)C(CCN=C=NCO)N(C)C.Cl. The molecule has 0 spiro atoms. The zero-order chi connectivity index (χ0) is 11.0. The Morgan fingerprint density at radius 1 is 1.13 bits per heavy atom. The van der Waals surface area contributed by atoms with Crippen LogP contribution < -0.4 is 0 Å². The van der Waals surface area contributed by atoms with E-state index in [2.05, 4.69) is 25.8 Å². The van der Waals surface area contributed by atoms with E-state index in [-0.39, 0.29) is 19.1 Å². The van der Waals surface area contributed by atoms with Crippen molar-refractivity contribution in [3.63, 3.8) is 0 Å². The zero-order valence-electron chi connectivity index (χ0n) is 9.84. The number of hydrogen-bond acceptors (Lipinski definition) is 5. The Bertz CT molecular complexity index is 194. The fourth-order valence-corrected chi connectivity index (χ4v) is 1.29. The minimum absolute atomic E-state index is 0. The van der Waals surface area contributed by atoms with Crippen molar-refractivity contribution in [2.24, 2.45) is 9.98 Å². The van der Waals surface area contributed by atoms with E-state index in [0.29, 0.717) is 12.7 Å². The number of aliphatic imine (C=N–C) groups is 2. The highest BCUT2D eigenvalue weighted by Gasteiger charge is 2.12. The second-order valence-electron chi connectivity index (χ2n) is 3.48. The summed E-state index contributed by atoms with van der Waals surface area (Å²) in [6, 6.07) is 2.43. The molecule has 0 bridgehead atoms. The van der Waals surface area contributed by atoms with Crippen LogP contribution in [0.1, 0.15) is 6.42 Å². The van der Waals surface area contributed by atoms with Gasteiger partial charge in [-0.05, 0) is 34.6 Å². The lowest BCUT2D eigenvalue weighted by atomic mass is 10.3. The van der Waals surface area contributed by atoms with Crippen molar-refractivity contribution in [3.05, 3.63) is 0 Å². The summed E-state index contributed by atoms with van der Waals surface area (Å²) >= 11 is 0. The molecule has 0 aliphatic heterocycles. The minimum Gasteiger partial charge on any atom is -0.374 e. The average molecular weight is 237 g/mol. The van der Waals surface area contributed by atoms with Crippen LogP contribution in [0.25, 0.3) is 0 Å². The molecule has 1 N–H and O–H groups in total. The van der Waals surface area contributed by atoms with Gasteiger partial charge in [-0.25, -0.2) is 4.99 Å². The molecule has 0 heterocycles. The summed E-state index contributed by atoms with van der Waals surface area (Å²) in [5.74, 6) is 0. The number of nitrogens with zero attached hydrogens (tertiary/aromatic N) is 4. The molecule has 0 saturated heterocycles. The van der Waals surface area contributed by atoms with Gasteiger partial charge >= 0.3 is 0 Å². The molecule has 15 heavy (non-hydrogen) atoms. The highest BCUT2D eigenvalue weighted by molar-refractivity contribution is 5.85. The van der Waals surface area contributed by atoms with Crippen LogP contribution >= 0.6 is 12.4 Å². The highest BCUT2D eigenvalue weighted by atomic mass is 35.5. The first-order valence-electron chi connectivity index (χ1n) is 4.61. The third-order valence-corrected chi connectivity index (χ3v) is 1.90. The Balaban J connectivity index is 0. The van der Waals surface area contributed by atoms with Crippen LogP contribution in [0.15, 0.2) is 9.98 Å². The molecule has 0 aliphatic carbocycles. The molecule has 0 atom stereocenters. The number of hydrogen-bond donors (Lipinski definition) is 1. The molecule has 0 amide bonds.